The smallest absolute Gasteiger partial charge is 0.253 e. The Morgan fingerprint density at radius 3 is 2.36 bits per heavy atom. The fourth-order valence-corrected chi connectivity index (χ4v) is 2.24. The van der Waals surface area contributed by atoms with E-state index in [1.807, 2.05) is 39.0 Å². The highest BCUT2D eigenvalue weighted by molar-refractivity contribution is 5.32. The molecule has 1 aromatic carbocycles. The summed E-state index contributed by atoms with van der Waals surface area (Å²) in [6, 6.07) is 7.89. The van der Waals surface area contributed by atoms with Crippen LogP contribution in [0.5, 0.6) is 5.75 Å². The van der Waals surface area contributed by atoms with E-state index in [1.54, 1.807) is 0 Å². The highest BCUT2D eigenvalue weighted by Gasteiger charge is 2.10. The lowest BCUT2D eigenvalue weighted by Crippen LogP contribution is -1.96. The SMILES string of the molecule is Cc1cc(C)cc(OCc2nnc(Cc3cc(C)on3)o2)c1. The number of nitrogens with zero attached hydrogens (tertiary/aromatic N) is 3. The van der Waals surface area contributed by atoms with Gasteiger partial charge >= 0.3 is 0 Å². The summed E-state index contributed by atoms with van der Waals surface area (Å²) in [7, 11) is 0. The number of hydrogen-bond donors (Lipinski definition) is 0. The number of hydrogen-bond acceptors (Lipinski definition) is 6. The van der Waals surface area contributed by atoms with Crippen LogP contribution in [0.25, 0.3) is 0 Å². The van der Waals surface area contributed by atoms with Gasteiger partial charge in [0.2, 0.25) is 5.89 Å². The van der Waals surface area contributed by atoms with Crippen LogP contribution < -0.4 is 4.74 Å². The van der Waals surface area contributed by atoms with Gasteiger partial charge in [-0.1, -0.05) is 11.2 Å². The quantitative estimate of drug-likeness (QED) is 0.720. The van der Waals surface area contributed by atoms with Crippen molar-refractivity contribution in [2.24, 2.45) is 0 Å². The first-order chi connectivity index (χ1) is 10.6. The third-order valence-corrected chi connectivity index (χ3v) is 3.08. The molecule has 0 aliphatic heterocycles. The number of benzene rings is 1. The maximum atomic E-state index is 5.69. The van der Waals surface area contributed by atoms with Crippen LogP contribution in [0.15, 0.2) is 33.2 Å². The molecule has 3 rings (SSSR count). The standard InChI is InChI=1S/C16H17N3O3/c1-10-4-11(2)6-14(5-10)20-9-16-18-17-15(21-16)8-13-7-12(3)22-19-13/h4-7H,8-9H2,1-3H3. The second kappa shape index (κ2) is 6.01. The predicted octanol–water partition coefficient (Wildman–Crippen LogP) is 3.15. The Morgan fingerprint density at radius 1 is 0.955 bits per heavy atom. The van der Waals surface area contributed by atoms with Crippen LogP contribution in [0.1, 0.15) is 34.4 Å². The van der Waals surface area contributed by atoms with Crippen LogP contribution >= 0.6 is 0 Å². The topological polar surface area (TPSA) is 74.2 Å². The molecular weight excluding hydrogens is 282 g/mol. The van der Waals surface area contributed by atoms with Crippen molar-refractivity contribution in [1.29, 1.82) is 0 Å². The molecule has 2 aromatic heterocycles. The largest absolute Gasteiger partial charge is 0.484 e. The van der Waals surface area contributed by atoms with Crippen LogP contribution in [0.4, 0.5) is 0 Å². The van der Waals surface area contributed by atoms with Gasteiger partial charge in [-0.15, -0.1) is 10.2 Å². The maximum Gasteiger partial charge on any atom is 0.253 e. The fraction of sp³-hybridized carbons (Fsp3) is 0.312. The van der Waals surface area contributed by atoms with Crippen molar-refractivity contribution in [2.45, 2.75) is 33.8 Å². The number of aromatic nitrogens is 3. The molecular formula is C16H17N3O3. The molecule has 0 saturated carbocycles. The van der Waals surface area contributed by atoms with Gasteiger partial charge < -0.3 is 13.7 Å². The predicted molar refractivity (Wildman–Crippen MR) is 78.6 cm³/mol. The lowest BCUT2D eigenvalue weighted by molar-refractivity contribution is 0.259. The molecule has 0 spiro atoms. The zero-order valence-corrected chi connectivity index (χ0v) is 12.8. The van der Waals surface area contributed by atoms with Gasteiger partial charge in [0, 0.05) is 6.07 Å². The van der Waals surface area contributed by atoms with Gasteiger partial charge in [0.05, 0.1) is 12.1 Å². The van der Waals surface area contributed by atoms with E-state index >= 15 is 0 Å². The van der Waals surface area contributed by atoms with Crippen molar-refractivity contribution in [1.82, 2.24) is 15.4 Å². The monoisotopic (exact) mass is 299 g/mol. The van der Waals surface area contributed by atoms with E-state index in [2.05, 4.69) is 21.4 Å². The second-order valence-corrected chi connectivity index (χ2v) is 5.31. The van der Waals surface area contributed by atoms with Gasteiger partial charge in [-0.25, -0.2) is 0 Å². The molecule has 0 aliphatic carbocycles. The summed E-state index contributed by atoms with van der Waals surface area (Å²) < 4.78 is 16.2. The minimum absolute atomic E-state index is 0.244. The van der Waals surface area contributed by atoms with E-state index < -0.39 is 0 Å². The van der Waals surface area contributed by atoms with E-state index in [9.17, 15) is 0 Å². The molecule has 2 heterocycles. The molecule has 0 radical (unpaired) electrons. The molecule has 0 atom stereocenters. The van der Waals surface area contributed by atoms with E-state index in [0.29, 0.717) is 18.2 Å². The molecule has 0 amide bonds. The number of rotatable bonds is 5. The van der Waals surface area contributed by atoms with Gasteiger partial charge in [-0.05, 0) is 44.0 Å². The average molecular weight is 299 g/mol. The molecule has 3 aromatic rings. The van der Waals surface area contributed by atoms with Gasteiger partial charge in [0.1, 0.15) is 11.5 Å². The average Bonchev–Trinajstić information content (AvgIpc) is 3.05. The second-order valence-electron chi connectivity index (χ2n) is 5.31. The van der Waals surface area contributed by atoms with Crippen molar-refractivity contribution in [2.75, 3.05) is 0 Å². The molecule has 0 fully saturated rings. The van der Waals surface area contributed by atoms with Crippen LogP contribution in [-0.4, -0.2) is 15.4 Å². The molecule has 22 heavy (non-hydrogen) atoms. The fourth-order valence-electron chi connectivity index (χ4n) is 2.24. The Hall–Kier alpha value is -2.63. The van der Waals surface area contributed by atoms with Gasteiger partial charge in [-0.2, -0.15) is 0 Å². The normalized spacial score (nSPS) is 10.9. The highest BCUT2D eigenvalue weighted by Crippen LogP contribution is 2.17. The summed E-state index contributed by atoms with van der Waals surface area (Å²) >= 11 is 0. The molecule has 6 nitrogen and oxygen atoms in total. The Bertz CT molecular complexity index is 756. The zero-order valence-electron chi connectivity index (χ0n) is 12.8. The first kappa shape index (κ1) is 14.3. The lowest BCUT2D eigenvalue weighted by Gasteiger charge is -2.05. The number of aryl methyl sites for hydroxylation is 3. The molecule has 0 bridgehead atoms. The van der Waals surface area contributed by atoms with Crippen LogP contribution in [0.2, 0.25) is 0 Å². The number of ether oxygens (including phenoxy) is 1. The van der Waals surface area contributed by atoms with E-state index in [0.717, 1.165) is 28.3 Å². The van der Waals surface area contributed by atoms with E-state index in [4.69, 9.17) is 13.7 Å². The summed E-state index contributed by atoms with van der Waals surface area (Å²) in [6.07, 6.45) is 0.452. The van der Waals surface area contributed by atoms with Gasteiger partial charge in [0.15, 0.2) is 6.61 Å². The summed E-state index contributed by atoms with van der Waals surface area (Å²) in [6.45, 7) is 6.15. The van der Waals surface area contributed by atoms with Crippen molar-refractivity contribution in [3.8, 4) is 5.75 Å². The van der Waals surface area contributed by atoms with Gasteiger partial charge in [-0.3, -0.25) is 0 Å². The van der Waals surface area contributed by atoms with E-state index in [-0.39, 0.29) is 6.61 Å². The first-order valence-corrected chi connectivity index (χ1v) is 7.03. The maximum absolute atomic E-state index is 5.69. The molecule has 114 valence electrons. The summed E-state index contributed by atoms with van der Waals surface area (Å²) in [5.41, 5.74) is 3.08. The molecule has 0 aliphatic rings. The summed E-state index contributed by atoms with van der Waals surface area (Å²) in [4.78, 5) is 0. The summed E-state index contributed by atoms with van der Waals surface area (Å²) in [5, 5.41) is 11.9. The van der Waals surface area contributed by atoms with Crippen molar-refractivity contribution >= 4 is 0 Å². The Kier molecular flexibility index (Phi) is 3.91. The van der Waals surface area contributed by atoms with Gasteiger partial charge in [0.25, 0.3) is 5.89 Å². The molecule has 0 N–H and O–H groups in total. The molecule has 6 heteroatoms. The Morgan fingerprint density at radius 2 is 1.68 bits per heavy atom. The molecule has 0 unspecified atom stereocenters. The summed E-state index contributed by atoms with van der Waals surface area (Å²) in [5.74, 6) is 2.49. The minimum Gasteiger partial charge on any atom is -0.484 e. The first-order valence-electron chi connectivity index (χ1n) is 7.03. The van der Waals surface area contributed by atoms with Crippen LogP contribution in [-0.2, 0) is 13.0 Å². The molecule has 0 saturated heterocycles. The van der Waals surface area contributed by atoms with Crippen LogP contribution in [0, 0.1) is 20.8 Å². The van der Waals surface area contributed by atoms with Crippen molar-refractivity contribution in [3.05, 3.63) is 58.6 Å². The minimum atomic E-state index is 0.244. The van der Waals surface area contributed by atoms with Crippen molar-refractivity contribution < 1.29 is 13.7 Å². The van der Waals surface area contributed by atoms with Crippen molar-refractivity contribution in [3.63, 3.8) is 0 Å². The highest BCUT2D eigenvalue weighted by atomic mass is 16.5. The van der Waals surface area contributed by atoms with E-state index in [1.165, 1.54) is 0 Å². The Labute approximate surface area is 128 Å². The van der Waals surface area contributed by atoms with Crippen LogP contribution in [0.3, 0.4) is 0 Å². The Balaban J connectivity index is 1.61. The lowest BCUT2D eigenvalue weighted by atomic mass is 10.1. The zero-order chi connectivity index (χ0) is 15.5. The third-order valence-electron chi connectivity index (χ3n) is 3.08. The third kappa shape index (κ3) is 3.52.